The van der Waals surface area contributed by atoms with E-state index in [2.05, 4.69) is 22.5 Å². The molecule has 1 atom stereocenters. The fourth-order valence-corrected chi connectivity index (χ4v) is 2.22. The zero-order valence-corrected chi connectivity index (χ0v) is 11.1. The van der Waals surface area contributed by atoms with Gasteiger partial charge in [0.15, 0.2) is 0 Å². The number of hydrogen-bond acceptors (Lipinski definition) is 3. The van der Waals surface area contributed by atoms with Gasteiger partial charge in [0.2, 0.25) is 0 Å². The lowest BCUT2D eigenvalue weighted by atomic mass is 10.0. The van der Waals surface area contributed by atoms with Gasteiger partial charge in [-0.25, -0.2) is 0 Å². The molecule has 0 spiro atoms. The van der Waals surface area contributed by atoms with E-state index in [1.165, 1.54) is 5.57 Å². The Morgan fingerprint density at radius 3 is 3.12 bits per heavy atom. The SMILES string of the molecule is CC/N=C(/C#N)CCCCC1=CCCN[C@@H]1Cl. The first kappa shape index (κ1) is 14.2. The minimum absolute atomic E-state index is 0.00324. The molecule has 3 nitrogen and oxygen atoms in total. The van der Waals surface area contributed by atoms with Crippen molar-refractivity contribution in [2.24, 2.45) is 4.99 Å². The smallest absolute Gasteiger partial charge is 0.114 e. The molecule has 0 amide bonds. The Balaban J connectivity index is 2.22. The molecule has 0 bridgehead atoms. The Labute approximate surface area is 109 Å². The second kappa shape index (κ2) is 8.27. The van der Waals surface area contributed by atoms with Gasteiger partial charge in [0, 0.05) is 13.1 Å². The Bertz CT molecular complexity index is 328. The van der Waals surface area contributed by atoms with E-state index >= 15 is 0 Å². The van der Waals surface area contributed by atoms with Gasteiger partial charge in [-0.1, -0.05) is 6.08 Å². The molecular weight excluding hydrogens is 234 g/mol. The van der Waals surface area contributed by atoms with E-state index in [1.54, 1.807) is 0 Å². The maximum absolute atomic E-state index is 8.82. The summed E-state index contributed by atoms with van der Waals surface area (Å²) in [7, 11) is 0. The molecule has 0 aromatic rings. The van der Waals surface area contributed by atoms with Crippen LogP contribution in [0.2, 0.25) is 0 Å². The number of nitrogens with one attached hydrogen (secondary N) is 1. The van der Waals surface area contributed by atoms with Gasteiger partial charge in [0.05, 0.1) is 0 Å². The first-order valence-electron chi connectivity index (χ1n) is 6.27. The van der Waals surface area contributed by atoms with Crippen molar-refractivity contribution < 1.29 is 0 Å². The molecule has 1 aliphatic heterocycles. The summed E-state index contributed by atoms with van der Waals surface area (Å²) in [4.78, 5) is 4.14. The summed E-state index contributed by atoms with van der Waals surface area (Å²) in [6, 6.07) is 2.15. The van der Waals surface area contributed by atoms with E-state index in [-0.39, 0.29) is 5.50 Å². The van der Waals surface area contributed by atoms with Crippen LogP contribution in [0.4, 0.5) is 0 Å². The highest BCUT2D eigenvalue weighted by Gasteiger charge is 2.13. The molecule has 0 aromatic carbocycles. The van der Waals surface area contributed by atoms with Gasteiger partial charge in [0.1, 0.15) is 17.3 Å². The van der Waals surface area contributed by atoms with E-state index in [0.717, 1.165) is 38.6 Å². The van der Waals surface area contributed by atoms with Crippen LogP contribution < -0.4 is 5.32 Å². The molecule has 0 unspecified atom stereocenters. The fourth-order valence-electron chi connectivity index (χ4n) is 1.91. The normalized spacial score (nSPS) is 20.9. The Morgan fingerprint density at radius 1 is 1.65 bits per heavy atom. The summed E-state index contributed by atoms with van der Waals surface area (Å²) in [5, 5.41) is 12.1. The van der Waals surface area contributed by atoms with Gasteiger partial charge in [-0.2, -0.15) is 5.26 Å². The second-order valence-corrected chi connectivity index (χ2v) is 4.56. The fraction of sp³-hybridized carbons (Fsp3) is 0.692. The van der Waals surface area contributed by atoms with Crippen molar-refractivity contribution in [3.05, 3.63) is 11.6 Å². The van der Waals surface area contributed by atoms with Crippen molar-refractivity contribution in [2.45, 2.75) is 44.5 Å². The van der Waals surface area contributed by atoms with Crippen LogP contribution in [-0.4, -0.2) is 24.3 Å². The number of alkyl halides is 1. The second-order valence-electron chi connectivity index (χ2n) is 4.12. The van der Waals surface area contributed by atoms with Crippen LogP contribution in [0, 0.1) is 11.3 Å². The van der Waals surface area contributed by atoms with Gasteiger partial charge in [-0.3, -0.25) is 10.3 Å². The first-order chi connectivity index (χ1) is 8.27. The lowest BCUT2D eigenvalue weighted by molar-refractivity contribution is 0.621. The van der Waals surface area contributed by atoms with Crippen molar-refractivity contribution in [3.63, 3.8) is 0 Å². The molecule has 0 saturated heterocycles. The third kappa shape index (κ3) is 5.34. The summed E-state index contributed by atoms with van der Waals surface area (Å²) < 4.78 is 0. The minimum atomic E-state index is 0.00324. The maximum atomic E-state index is 8.82. The van der Waals surface area contributed by atoms with E-state index in [4.69, 9.17) is 16.9 Å². The molecule has 1 N–H and O–H groups in total. The minimum Gasteiger partial charge on any atom is -0.298 e. The van der Waals surface area contributed by atoms with Crippen LogP contribution in [0.1, 0.15) is 39.0 Å². The van der Waals surface area contributed by atoms with Crippen molar-refractivity contribution in [1.29, 1.82) is 5.26 Å². The Hall–Kier alpha value is -0.850. The number of rotatable bonds is 6. The molecule has 1 rings (SSSR count). The highest BCUT2D eigenvalue weighted by Crippen LogP contribution is 2.19. The molecule has 94 valence electrons. The standard InChI is InChI=1S/C13H20ClN3/c1-2-16-12(10-15)8-4-3-6-11-7-5-9-17-13(11)14/h7,13,17H,2-6,8-9H2,1H3/b16-12+/t13-/m0/s1. The largest absolute Gasteiger partial charge is 0.298 e. The molecule has 0 saturated carbocycles. The van der Waals surface area contributed by atoms with Gasteiger partial charge in [-0.15, -0.1) is 11.6 Å². The highest BCUT2D eigenvalue weighted by atomic mass is 35.5. The lowest BCUT2D eigenvalue weighted by Crippen LogP contribution is -2.30. The Morgan fingerprint density at radius 2 is 2.47 bits per heavy atom. The number of aliphatic imine (C=N–C) groups is 1. The third-order valence-electron chi connectivity index (χ3n) is 2.81. The zero-order chi connectivity index (χ0) is 12.5. The van der Waals surface area contributed by atoms with Crippen molar-refractivity contribution in [3.8, 4) is 6.07 Å². The van der Waals surface area contributed by atoms with Crippen molar-refractivity contribution >= 4 is 17.3 Å². The van der Waals surface area contributed by atoms with Crippen LogP contribution in [0.15, 0.2) is 16.6 Å². The van der Waals surface area contributed by atoms with Gasteiger partial charge < -0.3 is 0 Å². The molecule has 4 heteroatoms. The Kier molecular flexibility index (Phi) is 6.91. The van der Waals surface area contributed by atoms with E-state index < -0.39 is 0 Å². The average Bonchev–Trinajstić information content (AvgIpc) is 2.35. The van der Waals surface area contributed by atoms with Crippen LogP contribution in [0.5, 0.6) is 0 Å². The average molecular weight is 254 g/mol. The molecule has 0 aliphatic carbocycles. The van der Waals surface area contributed by atoms with Crippen LogP contribution in [-0.2, 0) is 0 Å². The molecule has 17 heavy (non-hydrogen) atoms. The molecule has 1 aliphatic rings. The predicted octanol–water partition coefficient (Wildman–Crippen LogP) is 3.02. The molecule has 0 fully saturated rings. The summed E-state index contributed by atoms with van der Waals surface area (Å²) in [5.74, 6) is 0. The number of halogens is 1. The number of unbranched alkanes of at least 4 members (excludes halogenated alkanes) is 1. The van der Waals surface area contributed by atoms with Crippen molar-refractivity contribution in [1.82, 2.24) is 5.32 Å². The predicted molar refractivity (Wildman–Crippen MR) is 72.4 cm³/mol. The highest BCUT2D eigenvalue weighted by molar-refractivity contribution is 6.22. The molecule has 0 radical (unpaired) electrons. The van der Waals surface area contributed by atoms with Crippen LogP contribution >= 0.6 is 11.6 Å². The van der Waals surface area contributed by atoms with Crippen molar-refractivity contribution in [2.75, 3.05) is 13.1 Å². The van der Waals surface area contributed by atoms with Gasteiger partial charge in [-0.05, 0) is 44.6 Å². The maximum Gasteiger partial charge on any atom is 0.114 e. The number of hydrogen-bond donors (Lipinski definition) is 1. The van der Waals surface area contributed by atoms with E-state index in [1.807, 2.05) is 6.92 Å². The quantitative estimate of drug-likeness (QED) is 0.260. The molecular formula is C13H20ClN3. The summed E-state index contributed by atoms with van der Waals surface area (Å²) >= 11 is 6.15. The van der Waals surface area contributed by atoms with Crippen LogP contribution in [0.25, 0.3) is 0 Å². The van der Waals surface area contributed by atoms with E-state index in [0.29, 0.717) is 12.3 Å². The zero-order valence-electron chi connectivity index (χ0n) is 10.4. The van der Waals surface area contributed by atoms with Gasteiger partial charge in [0.25, 0.3) is 0 Å². The number of nitrogens with zero attached hydrogens (tertiary/aromatic N) is 2. The topological polar surface area (TPSA) is 48.2 Å². The summed E-state index contributed by atoms with van der Waals surface area (Å²) in [6.07, 6.45) is 7.19. The first-order valence-corrected chi connectivity index (χ1v) is 6.71. The van der Waals surface area contributed by atoms with Crippen LogP contribution in [0.3, 0.4) is 0 Å². The molecule has 1 heterocycles. The summed E-state index contributed by atoms with van der Waals surface area (Å²) in [6.45, 7) is 3.62. The lowest BCUT2D eigenvalue weighted by Gasteiger charge is -2.20. The summed E-state index contributed by atoms with van der Waals surface area (Å²) in [5.41, 5.74) is 1.97. The van der Waals surface area contributed by atoms with Gasteiger partial charge >= 0.3 is 0 Å². The number of nitriles is 1. The molecule has 0 aromatic heterocycles. The third-order valence-corrected chi connectivity index (χ3v) is 3.24. The monoisotopic (exact) mass is 253 g/mol. The van der Waals surface area contributed by atoms with E-state index in [9.17, 15) is 0 Å².